The Morgan fingerprint density at radius 3 is 2.18 bits per heavy atom. The van der Waals surface area contributed by atoms with Crippen LogP contribution in [0.25, 0.3) is 0 Å². The summed E-state index contributed by atoms with van der Waals surface area (Å²) in [7, 11) is 1.67. The minimum absolute atomic E-state index is 0.0805. The second-order valence-corrected chi connectivity index (χ2v) is 5.43. The summed E-state index contributed by atoms with van der Waals surface area (Å²) in [6.07, 6.45) is 0.941. The Morgan fingerprint density at radius 1 is 1.18 bits per heavy atom. The fourth-order valence-electron chi connectivity index (χ4n) is 2.22. The molecule has 0 aromatic heterocycles. The van der Waals surface area contributed by atoms with Gasteiger partial charge in [-0.3, -0.25) is 0 Å². The van der Waals surface area contributed by atoms with Crippen LogP contribution in [0.3, 0.4) is 0 Å². The maximum absolute atomic E-state index is 9.48. The predicted octanol–water partition coefficient (Wildman–Crippen LogP) is 1.57. The number of aliphatic hydroxyl groups is 1. The first-order valence-corrected chi connectivity index (χ1v) is 6.36. The van der Waals surface area contributed by atoms with Crippen molar-refractivity contribution in [1.82, 2.24) is 5.32 Å². The van der Waals surface area contributed by atoms with E-state index in [9.17, 15) is 5.11 Å². The highest BCUT2D eigenvalue weighted by Crippen LogP contribution is 2.16. The lowest BCUT2D eigenvalue weighted by molar-refractivity contribution is -0.0471. The first-order valence-electron chi connectivity index (χ1n) is 6.36. The highest BCUT2D eigenvalue weighted by Gasteiger charge is 2.27. The van der Waals surface area contributed by atoms with Gasteiger partial charge < -0.3 is 19.9 Å². The molecule has 0 aromatic carbocycles. The number of nitrogens with one attached hydrogen (secondary N) is 1. The number of hydrogen-bond acceptors (Lipinski definition) is 4. The summed E-state index contributed by atoms with van der Waals surface area (Å²) >= 11 is 0. The molecule has 3 unspecified atom stereocenters. The van der Waals surface area contributed by atoms with Gasteiger partial charge in [-0.15, -0.1) is 0 Å². The molecule has 3 atom stereocenters. The molecule has 0 saturated carbocycles. The number of hydrogen-bond donors (Lipinski definition) is 2. The van der Waals surface area contributed by atoms with E-state index < -0.39 is 0 Å². The molecule has 0 heterocycles. The van der Waals surface area contributed by atoms with Gasteiger partial charge in [0.15, 0.2) is 0 Å². The second-order valence-electron chi connectivity index (χ2n) is 5.43. The molecule has 104 valence electrons. The summed E-state index contributed by atoms with van der Waals surface area (Å²) in [5.74, 6) is 0. The van der Waals surface area contributed by atoms with Gasteiger partial charge in [0.05, 0.1) is 25.4 Å². The number of ether oxygens (including phenoxy) is 2. The Labute approximate surface area is 106 Å². The summed E-state index contributed by atoms with van der Waals surface area (Å²) in [5.41, 5.74) is -0.291. The van der Waals surface area contributed by atoms with E-state index in [0.29, 0.717) is 12.6 Å². The van der Waals surface area contributed by atoms with Crippen LogP contribution in [0.4, 0.5) is 0 Å². The number of rotatable bonds is 9. The molecule has 0 aliphatic rings. The third-order valence-electron chi connectivity index (χ3n) is 2.59. The maximum atomic E-state index is 9.48. The minimum Gasteiger partial charge on any atom is -0.394 e. The fourth-order valence-corrected chi connectivity index (χ4v) is 2.22. The van der Waals surface area contributed by atoms with Crippen molar-refractivity contribution >= 4 is 0 Å². The molecule has 2 N–H and O–H groups in total. The molecule has 0 fully saturated rings. The second kappa shape index (κ2) is 8.03. The van der Waals surface area contributed by atoms with Crippen LogP contribution in [-0.4, -0.2) is 49.2 Å². The van der Waals surface area contributed by atoms with Crippen LogP contribution in [0, 0.1) is 0 Å². The van der Waals surface area contributed by atoms with Crippen LogP contribution >= 0.6 is 0 Å². The van der Waals surface area contributed by atoms with Crippen molar-refractivity contribution in [1.29, 1.82) is 0 Å². The summed E-state index contributed by atoms with van der Waals surface area (Å²) in [5, 5.41) is 12.9. The minimum atomic E-state index is -0.291. The summed E-state index contributed by atoms with van der Waals surface area (Å²) in [6.45, 7) is 10.9. The van der Waals surface area contributed by atoms with E-state index in [0.717, 1.165) is 6.42 Å². The van der Waals surface area contributed by atoms with E-state index in [1.54, 1.807) is 7.11 Å². The highest BCUT2D eigenvalue weighted by atomic mass is 16.5. The number of aliphatic hydroxyl groups excluding tert-OH is 1. The van der Waals surface area contributed by atoms with E-state index in [1.165, 1.54) is 0 Å². The van der Waals surface area contributed by atoms with E-state index in [4.69, 9.17) is 9.47 Å². The van der Waals surface area contributed by atoms with Gasteiger partial charge in [0.25, 0.3) is 0 Å². The zero-order valence-electron chi connectivity index (χ0n) is 12.1. The SMILES string of the molecule is COCC(C)OC(C)CC(C)(CO)NC(C)C. The van der Waals surface area contributed by atoms with Crippen LogP contribution in [0.1, 0.15) is 41.0 Å². The van der Waals surface area contributed by atoms with Crippen molar-refractivity contribution in [3.8, 4) is 0 Å². The molecule has 0 amide bonds. The van der Waals surface area contributed by atoms with Gasteiger partial charge in [-0.25, -0.2) is 0 Å². The average molecular weight is 247 g/mol. The van der Waals surface area contributed by atoms with Gasteiger partial charge in [-0.2, -0.15) is 0 Å². The van der Waals surface area contributed by atoms with Gasteiger partial charge in [0, 0.05) is 18.7 Å². The Bertz CT molecular complexity index is 199. The summed E-state index contributed by atoms with van der Waals surface area (Å²) < 4.78 is 10.8. The van der Waals surface area contributed by atoms with Crippen molar-refractivity contribution in [3.63, 3.8) is 0 Å². The van der Waals surface area contributed by atoms with Gasteiger partial charge in [0.2, 0.25) is 0 Å². The third kappa shape index (κ3) is 7.71. The quantitative estimate of drug-likeness (QED) is 0.649. The molecule has 0 saturated heterocycles. The molecular formula is C13H29NO3. The van der Waals surface area contributed by atoms with Crippen molar-refractivity contribution in [2.45, 2.75) is 64.8 Å². The molecular weight excluding hydrogens is 218 g/mol. The Balaban J connectivity index is 4.17. The van der Waals surface area contributed by atoms with E-state index in [1.807, 2.05) is 20.8 Å². The monoisotopic (exact) mass is 247 g/mol. The molecule has 0 aliphatic heterocycles. The van der Waals surface area contributed by atoms with Gasteiger partial charge in [0.1, 0.15) is 0 Å². The predicted molar refractivity (Wildman–Crippen MR) is 70.3 cm³/mol. The van der Waals surface area contributed by atoms with E-state index in [2.05, 4.69) is 19.2 Å². The Kier molecular flexibility index (Phi) is 7.96. The highest BCUT2D eigenvalue weighted by molar-refractivity contribution is 4.86. The topological polar surface area (TPSA) is 50.7 Å². The fraction of sp³-hybridized carbons (Fsp3) is 1.00. The molecule has 4 heteroatoms. The van der Waals surface area contributed by atoms with Crippen LogP contribution < -0.4 is 5.32 Å². The molecule has 0 rings (SSSR count). The standard InChI is InChI=1S/C13H29NO3/c1-10(2)14-13(5,9-15)7-11(3)17-12(4)8-16-6/h10-12,14-15H,7-9H2,1-6H3. The first-order chi connectivity index (χ1) is 7.83. The summed E-state index contributed by atoms with van der Waals surface area (Å²) in [4.78, 5) is 0. The van der Waals surface area contributed by atoms with Crippen LogP contribution in [0.15, 0.2) is 0 Å². The maximum Gasteiger partial charge on any atom is 0.0783 e. The van der Waals surface area contributed by atoms with Gasteiger partial charge >= 0.3 is 0 Å². The van der Waals surface area contributed by atoms with Crippen molar-refractivity contribution in [2.75, 3.05) is 20.3 Å². The van der Waals surface area contributed by atoms with Gasteiger partial charge in [-0.1, -0.05) is 13.8 Å². The van der Waals surface area contributed by atoms with Gasteiger partial charge in [-0.05, 0) is 27.2 Å². The first kappa shape index (κ1) is 16.8. The lowest BCUT2D eigenvalue weighted by atomic mass is 9.94. The van der Waals surface area contributed by atoms with Crippen molar-refractivity contribution in [3.05, 3.63) is 0 Å². The summed E-state index contributed by atoms with van der Waals surface area (Å²) in [6, 6.07) is 0.343. The molecule has 0 aromatic rings. The molecule has 4 nitrogen and oxygen atoms in total. The molecule has 0 radical (unpaired) electrons. The third-order valence-corrected chi connectivity index (χ3v) is 2.59. The molecule has 0 aliphatic carbocycles. The Morgan fingerprint density at radius 2 is 1.76 bits per heavy atom. The lowest BCUT2D eigenvalue weighted by Gasteiger charge is -2.34. The molecule has 0 bridgehead atoms. The van der Waals surface area contributed by atoms with E-state index in [-0.39, 0.29) is 24.4 Å². The van der Waals surface area contributed by atoms with Crippen LogP contribution in [-0.2, 0) is 9.47 Å². The van der Waals surface area contributed by atoms with E-state index >= 15 is 0 Å². The zero-order chi connectivity index (χ0) is 13.5. The zero-order valence-corrected chi connectivity index (χ0v) is 12.1. The molecule has 17 heavy (non-hydrogen) atoms. The normalized spacial score (nSPS) is 19.1. The smallest absolute Gasteiger partial charge is 0.0783 e. The van der Waals surface area contributed by atoms with Crippen LogP contribution in [0.5, 0.6) is 0 Å². The lowest BCUT2D eigenvalue weighted by Crippen LogP contribution is -2.51. The van der Waals surface area contributed by atoms with Crippen LogP contribution in [0.2, 0.25) is 0 Å². The van der Waals surface area contributed by atoms with Crippen molar-refractivity contribution < 1.29 is 14.6 Å². The Hall–Kier alpha value is -0.160. The molecule has 0 spiro atoms. The number of methoxy groups -OCH3 is 1. The average Bonchev–Trinajstić information content (AvgIpc) is 2.15. The van der Waals surface area contributed by atoms with Crippen molar-refractivity contribution in [2.24, 2.45) is 0 Å². The largest absolute Gasteiger partial charge is 0.394 e.